The molecule has 0 saturated carbocycles. The maximum absolute atomic E-state index is 12.2. The Labute approximate surface area is 165 Å². The highest BCUT2D eigenvalue weighted by molar-refractivity contribution is 7.92. The van der Waals surface area contributed by atoms with Gasteiger partial charge in [0.25, 0.3) is 0 Å². The van der Waals surface area contributed by atoms with E-state index in [-0.39, 0.29) is 11.6 Å². The summed E-state index contributed by atoms with van der Waals surface area (Å²) in [7, 11) is -3.56. The van der Waals surface area contributed by atoms with Crippen LogP contribution in [0.25, 0.3) is 11.5 Å². The number of hydrogen-bond donors (Lipinski definition) is 1. The van der Waals surface area contributed by atoms with Gasteiger partial charge in [0.1, 0.15) is 0 Å². The second kappa shape index (κ2) is 8.69. The number of rotatable bonds is 3. The molecule has 0 radical (unpaired) electrons. The molecule has 2 aromatic heterocycles. The van der Waals surface area contributed by atoms with Crippen LogP contribution < -0.4 is 4.72 Å². The minimum atomic E-state index is -4.62. The van der Waals surface area contributed by atoms with Crippen molar-refractivity contribution < 1.29 is 39.2 Å². The zero-order chi connectivity index (χ0) is 22.6. The van der Waals surface area contributed by atoms with Crippen LogP contribution >= 0.6 is 0 Å². The zero-order valence-electron chi connectivity index (χ0n) is 14.9. The van der Waals surface area contributed by atoms with E-state index in [1.807, 2.05) is 4.72 Å². The maximum atomic E-state index is 12.2. The van der Waals surface area contributed by atoms with Gasteiger partial charge in [0, 0.05) is 18.1 Å². The number of nitrogens with one attached hydrogen (secondary N) is 1. The predicted molar refractivity (Wildman–Crippen MR) is 92.4 cm³/mol. The fourth-order valence-corrected chi connectivity index (χ4v) is 2.47. The third-order valence-corrected chi connectivity index (χ3v) is 3.68. The SMILES string of the molecule is CS(=O)(=O)Nc1cccc(C(F)(F)F)c1.FC(F)(F)c1nnc(-c2cccnc2)o1. The van der Waals surface area contributed by atoms with Gasteiger partial charge in [0.2, 0.25) is 15.9 Å². The quantitative estimate of drug-likeness (QED) is 0.595. The fourth-order valence-electron chi connectivity index (χ4n) is 1.92. The van der Waals surface area contributed by atoms with Crippen molar-refractivity contribution in [1.29, 1.82) is 0 Å². The van der Waals surface area contributed by atoms with Crippen LogP contribution in [0.1, 0.15) is 11.5 Å². The third-order valence-electron chi connectivity index (χ3n) is 3.07. The summed E-state index contributed by atoms with van der Waals surface area (Å²) in [4.78, 5) is 3.72. The van der Waals surface area contributed by atoms with Crippen LogP contribution in [-0.4, -0.2) is 29.9 Å². The molecule has 3 rings (SSSR count). The highest BCUT2D eigenvalue weighted by Gasteiger charge is 2.38. The first kappa shape index (κ1) is 23.1. The Morgan fingerprint density at radius 2 is 1.67 bits per heavy atom. The van der Waals surface area contributed by atoms with Gasteiger partial charge >= 0.3 is 18.2 Å². The molecule has 162 valence electrons. The predicted octanol–water partition coefficient (Wildman–Crippen LogP) is 4.23. The third kappa shape index (κ3) is 7.02. The van der Waals surface area contributed by atoms with Gasteiger partial charge < -0.3 is 4.42 Å². The van der Waals surface area contributed by atoms with E-state index < -0.39 is 33.8 Å². The van der Waals surface area contributed by atoms with Gasteiger partial charge in [-0.25, -0.2) is 8.42 Å². The second-order valence-corrected chi connectivity index (χ2v) is 7.35. The number of aromatic nitrogens is 3. The van der Waals surface area contributed by atoms with Crippen molar-refractivity contribution in [2.24, 2.45) is 0 Å². The molecule has 1 aromatic carbocycles. The molecule has 2 heterocycles. The average Bonchev–Trinajstić information content (AvgIpc) is 3.12. The van der Waals surface area contributed by atoms with Crippen LogP contribution in [0.4, 0.5) is 32.0 Å². The molecule has 7 nitrogen and oxygen atoms in total. The van der Waals surface area contributed by atoms with E-state index in [0.717, 1.165) is 24.5 Å². The van der Waals surface area contributed by atoms with Gasteiger partial charge in [0.05, 0.1) is 17.4 Å². The second-order valence-electron chi connectivity index (χ2n) is 5.60. The van der Waals surface area contributed by atoms with Gasteiger partial charge in [-0.2, -0.15) is 26.3 Å². The van der Waals surface area contributed by atoms with Crippen molar-refractivity contribution in [1.82, 2.24) is 15.2 Å². The number of nitrogens with zero attached hydrogens (tertiary/aromatic N) is 3. The Hall–Kier alpha value is -3.16. The molecule has 0 bridgehead atoms. The van der Waals surface area contributed by atoms with Gasteiger partial charge in [0.15, 0.2) is 0 Å². The fraction of sp³-hybridized carbons (Fsp3) is 0.188. The first-order valence-electron chi connectivity index (χ1n) is 7.72. The molecule has 0 aliphatic rings. The van der Waals surface area contributed by atoms with E-state index in [9.17, 15) is 34.8 Å². The van der Waals surface area contributed by atoms with Gasteiger partial charge in [-0.05, 0) is 30.3 Å². The summed E-state index contributed by atoms with van der Waals surface area (Å²) < 4.78 is 101. The average molecular weight is 454 g/mol. The van der Waals surface area contributed by atoms with Crippen molar-refractivity contribution in [2.75, 3.05) is 11.0 Å². The minimum absolute atomic E-state index is 0.104. The first-order valence-corrected chi connectivity index (χ1v) is 9.61. The van der Waals surface area contributed by atoms with Crippen molar-refractivity contribution in [3.05, 3.63) is 60.2 Å². The van der Waals surface area contributed by atoms with Crippen molar-refractivity contribution in [2.45, 2.75) is 12.4 Å². The lowest BCUT2D eigenvalue weighted by Gasteiger charge is -2.09. The molecule has 0 unspecified atom stereocenters. The molecule has 14 heteroatoms. The Kier molecular flexibility index (Phi) is 6.70. The summed E-state index contributed by atoms with van der Waals surface area (Å²) in [5.41, 5.74) is -0.649. The zero-order valence-corrected chi connectivity index (χ0v) is 15.7. The molecule has 0 aliphatic heterocycles. The van der Waals surface area contributed by atoms with Crippen LogP contribution in [-0.2, 0) is 22.4 Å². The maximum Gasteiger partial charge on any atom is 0.470 e. The summed E-state index contributed by atoms with van der Waals surface area (Å²) in [5.74, 6) is -1.56. The summed E-state index contributed by atoms with van der Waals surface area (Å²) in [5, 5.41) is 6.17. The van der Waals surface area contributed by atoms with Crippen LogP contribution in [0.3, 0.4) is 0 Å². The Morgan fingerprint density at radius 3 is 2.17 bits per heavy atom. The smallest absolute Gasteiger partial charge is 0.413 e. The van der Waals surface area contributed by atoms with Gasteiger partial charge in [-0.1, -0.05) is 6.07 Å². The number of halogens is 6. The normalized spacial score (nSPS) is 12.1. The van der Waals surface area contributed by atoms with E-state index in [1.54, 1.807) is 6.07 Å². The molecular formula is C16H12F6N4O3S. The van der Waals surface area contributed by atoms with Crippen molar-refractivity contribution >= 4 is 15.7 Å². The molecule has 0 fully saturated rings. The van der Waals surface area contributed by atoms with E-state index in [4.69, 9.17) is 0 Å². The Bertz CT molecular complexity index is 1080. The van der Waals surface area contributed by atoms with E-state index >= 15 is 0 Å². The number of alkyl halides is 6. The largest absolute Gasteiger partial charge is 0.470 e. The van der Waals surface area contributed by atoms with Crippen LogP contribution in [0, 0.1) is 0 Å². The Morgan fingerprint density at radius 1 is 0.967 bits per heavy atom. The van der Waals surface area contributed by atoms with E-state index in [2.05, 4.69) is 19.6 Å². The minimum Gasteiger partial charge on any atom is -0.413 e. The standard InChI is InChI=1S/C8H4F3N3O.C8H8F3NO2S/c9-8(10,11)7-14-13-6(15-7)5-2-1-3-12-4-5;1-15(13,14)12-7-4-2-3-6(5-7)8(9,10)11/h1-4H;2-5,12H,1H3. The number of pyridine rings is 1. The number of benzene rings is 1. The van der Waals surface area contributed by atoms with Crippen LogP contribution in [0.2, 0.25) is 0 Å². The van der Waals surface area contributed by atoms with Crippen molar-refractivity contribution in [3.63, 3.8) is 0 Å². The number of sulfonamides is 1. The highest BCUT2D eigenvalue weighted by atomic mass is 32.2. The lowest BCUT2D eigenvalue weighted by Crippen LogP contribution is -2.11. The number of anilines is 1. The van der Waals surface area contributed by atoms with Gasteiger partial charge in [-0.3, -0.25) is 9.71 Å². The molecular weight excluding hydrogens is 442 g/mol. The molecule has 0 saturated heterocycles. The molecule has 0 atom stereocenters. The van der Waals surface area contributed by atoms with Gasteiger partial charge in [-0.15, -0.1) is 10.2 Å². The summed E-state index contributed by atoms with van der Waals surface area (Å²) >= 11 is 0. The molecule has 30 heavy (non-hydrogen) atoms. The molecule has 0 spiro atoms. The number of hydrogen-bond acceptors (Lipinski definition) is 6. The highest BCUT2D eigenvalue weighted by Crippen LogP contribution is 2.31. The summed E-state index contributed by atoms with van der Waals surface area (Å²) in [6, 6.07) is 7.08. The van der Waals surface area contributed by atoms with Crippen LogP contribution in [0.15, 0.2) is 53.2 Å². The first-order chi connectivity index (χ1) is 13.8. The lowest BCUT2D eigenvalue weighted by atomic mass is 10.2. The molecule has 1 N–H and O–H groups in total. The molecule has 0 aliphatic carbocycles. The van der Waals surface area contributed by atoms with E-state index in [0.29, 0.717) is 5.56 Å². The topological polar surface area (TPSA) is 98.0 Å². The Balaban J connectivity index is 0.000000214. The molecule has 0 amide bonds. The summed E-state index contributed by atoms with van der Waals surface area (Å²) in [6.45, 7) is 0. The van der Waals surface area contributed by atoms with E-state index in [1.165, 1.54) is 24.5 Å². The summed E-state index contributed by atoms with van der Waals surface area (Å²) in [6.07, 6.45) is -5.39. The molecule has 3 aromatic rings. The lowest BCUT2D eigenvalue weighted by molar-refractivity contribution is -0.157. The monoisotopic (exact) mass is 454 g/mol. The van der Waals surface area contributed by atoms with Crippen LogP contribution in [0.5, 0.6) is 0 Å². The van der Waals surface area contributed by atoms with Crippen molar-refractivity contribution in [3.8, 4) is 11.5 Å².